The van der Waals surface area contributed by atoms with E-state index in [1.807, 2.05) is 48.5 Å². The van der Waals surface area contributed by atoms with E-state index < -0.39 is 33.4 Å². The molecular weight excluding hydrogens is 908 g/mol. The second-order valence-corrected chi connectivity index (χ2v) is 24.4. The van der Waals surface area contributed by atoms with Crippen LogP contribution in [0.25, 0.3) is 43.1 Å². The average molecular weight is 971 g/mol. The Hall–Kier alpha value is -5.50. The van der Waals surface area contributed by atoms with Crippen LogP contribution < -0.4 is 0 Å². The van der Waals surface area contributed by atoms with Crippen LogP contribution in [-0.4, -0.2) is 83.8 Å². The zero-order valence-corrected chi connectivity index (χ0v) is 41.3. The van der Waals surface area contributed by atoms with Gasteiger partial charge in [-0.05, 0) is 95.9 Å². The summed E-state index contributed by atoms with van der Waals surface area (Å²) >= 11 is 0. The van der Waals surface area contributed by atoms with Crippen LogP contribution in [0.15, 0.2) is 200 Å². The van der Waals surface area contributed by atoms with E-state index >= 15 is 0 Å². The van der Waals surface area contributed by atoms with Crippen molar-refractivity contribution in [2.24, 2.45) is 0 Å². The summed E-state index contributed by atoms with van der Waals surface area (Å²) in [5, 5.41) is 52.7. The molecule has 9 aromatic rings. The molecule has 0 unspecified atom stereocenters. The molecule has 0 aromatic heterocycles. The Labute approximate surface area is 415 Å². The van der Waals surface area contributed by atoms with E-state index in [0.717, 1.165) is 54.2 Å². The summed E-state index contributed by atoms with van der Waals surface area (Å²) in [7, 11) is -6.14. The predicted octanol–water partition coefficient (Wildman–Crippen LogP) is 12.3. The van der Waals surface area contributed by atoms with Crippen molar-refractivity contribution in [3.63, 3.8) is 0 Å². The number of hydrogen-bond donors (Lipinski definition) is 4. The van der Waals surface area contributed by atoms with E-state index in [1.54, 1.807) is 0 Å². The highest BCUT2D eigenvalue weighted by Crippen LogP contribution is 2.58. The number of rotatable bonds is 24. The Kier molecular flexibility index (Phi) is 16.4. The maximum absolute atomic E-state index is 11.0. The van der Waals surface area contributed by atoms with Gasteiger partial charge in [-0.2, -0.15) is 0 Å². The Morgan fingerprint density at radius 1 is 0.386 bits per heavy atom. The molecule has 0 amide bonds. The zero-order valence-electron chi connectivity index (χ0n) is 39.7. The first kappa shape index (κ1) is 49.5. The number of aliphatic hydroxyl groups excluding tert-OH is 4. The lowest BCUT2D eigenvalue weighted by atomic mass is 9.67. The molecule has 0 radical (unpaired) electrons. The Morgan fingerprint density at radius 3 is 1.00 bits per heavy atom. The van der Waals surface area contributed by atoms with E-state index in [0.29, 0.717) is 24.3 Å². The Morgan fingerprint density at radius 2 is 0.686 bits per heavy atom. The van der Waals surface area contributed by atoms with Crippen LogP contribution in [0.2, 0.25) is 0 Å². The first-order valence-electron chi connectivity index (χ1n) is 24.3. The first-order chi connectivity index (χ1) is 34.4. The molecule has 9 aromatic carbocycles. The first-order valence-corrected chi connectivity index (χ1v) is 28.5. The van der Waals surface area contributed by atoms with Crippen LogP contribution >= 0.6 is 20.6 Å². The summed E-state index contributed by atoms with van der Waals surface area (Å²) in [6.07, 6.45) is 1.30. The maximum atomic E-state index is 11.0. The van der Waals surface area contributed by atoms with Crippen LogP contribution in [0.1, 0.15) is 40.7 Å². The molecule has 4 N–H and O–H groups in total. The van der Waals surface area contributed by atoms with Crippen molar-refractivity contribution in [1.82, 2.24) is 0 Å². The highest BCUT2D eigenvalue weighted by atomic mass is 32.3. The van der Waals surface area contributed by atoms with Crippen LogP contribution in [0.5, 0.6) is 0 Å². The van der Waals surface area contributed by atoms with Gasteiger partial charge in [0.15, 0.2) is 0 Å². The van der Waals surface area contributed by atoms with Crippen molar-refractivity contribution in [1.29, 1.82) is 0 Å². The van der Waals surface area contributed by atoms with E-state index in [-0.39, 0.29) is 56.0 Å². The Bertz CT molecular complexity index is 2740. The minimum atomic E-state index is -2.43. The molecule has 7 nitrogen and oxygen atoms in total. The largest absolute Gasteiger partial charge is 0.660 e. The van der Waals surface area contributed by atoms with E-state index in [2.05, 4.69) is 152 Å². The maximum Gasteiger partial charge on any atom is 0.660 e. The van der Waals surface area contributed by atoms with Crippen LogP contribution in [-0.2, 0) is 29.8 Å². The molecule has 0 saturated heterocycles. The molecule has 0 atom stereocenters. The van der Waals surface area contributed by atoms with Crippen molar-refractivity contribution < 1.29 is 33.3 Å². The van der Waals surface area contributed by atoms with Crippen molar-refractivity contribution in [2.45, 2.75) is 29.8 Å². The molecule has 360 valence electrons. The molecule has 0 heterocycles. The van der Waals surface area contributed by atoms with Crippen molar-refractivity contribution in [3.05, 3.63) is 228 Å². The minimum absolute atomic E-state index is 0.175. The summed E-state index contributed by atoms with van der Waals surface area (Å²) in [6.45, 7) is -0.454. The van der Waals surface area contributed by atoms with Gasteiger partial charge in [-0.3, -0.25) is 0 Å². The SMILES string of the molecule is OCCS(CCO)(Cc1c2ccccc2cc2ccccc12)OB(OCCCC(c1ccccc1)(c1ccccc1)c1ccccc1)OS(CCO)(CCO)Cc1c2ccccc2cc2ccccc12. The number of fused-ring (bicyclic) bond motifs is 4. The summed E-state index contributed by atoms with van der Waals surface area (Å²) in [5.41, 5.74) is 5.16. The molecule has 0 bridgehead atoms. The molecule has 0 spiro atoms. The van der Waals surface area contributed by atoms with Crippen LogP contribution in [0, 0.1) is 0 Å². The van der Waals surface area contributed by atoms with E-state index in [9.17, 15) is 20.4 Å². The summed E-state index contributed by atoms with van der Waals surface area (Å²) in [6, 6.07) is 69.7. The molecule has 0 aliphatic heterocycles. The van der Waals surface area contributed by atoms with Gasteiger partial charge in [-0.25, -0.2) is 0 Å². The third-order valence-corrected chi connectivity index (χ3v) is 20.2. The average Bonchev–Trinajstić information content (AvgIpc) is 3.39. The smallest absolute Gasteiger partial charge is 0.395 e. The fourth-order valence-electron chi connectivity index (χ4n) is 10.5. The topological polar surface area (TPSA) is 109 Å². The molecule has 0 aliphatic rings. The number of benzene rings is 9. The van der Waals surface area contributed by atoms with Gasteiger partial charge in [0.2, 0.25) is 0 Å². The highest BCUT2D eigenvalue weighted by Gasteiger charge is 2.42. The fraction of sp³-hybridized carbons (Fsp3) is 0.233. The second kappa shape index (κ2) is 23.2. The molecule has 10 heteroatoms. The van der Waals surface area contributed by atoms with Gasteiger partial charge in [-0.15, -0.1) is 20.6 Å². The normalized spacial score (nSPS) is 12.8. The lowest BCUT2D eigenvalue weighted by molar-refractivity contribution is 0.203. The molecule has 0 fully saturated rings. The van der Waals surface area contributed by atoms with Gasteiger partial charge in [0.05, 0.1) is 26.4 Å². The van der Waals surface area contributed by atoms with Crippen LogP contribution in [0.3, 0.4) is 0 Å². The summed E-state index contributed by atoms with van der Waals surface area (Å²) < 4.78 is 21.9. The minimum Gasteiger partial charge on any atom is -0.395 e. The monoisotopic (exact) mass is 970 g/mol. The molecule has 9 rings (SSSR count). The highest BCUT2D eigenvalue weighted by molar-refractivity contribution is 8.30. The number of hydrogen-bond acceptors (Lipinski definition) is 7. The zero-order chi connectivity index (χ0) is 48.2. The van der Waals surface area contributed by atoms with Crippen LogP contribution in [0.4, 0.5) is 0 Å². The predicted molar refractivity (Wildman–Crippen MR) is 296 cm³/mol. The molecule has 70 heavy (non-hydrogen) atoms. The lowest BCUT2D eigenvalue weighted by Gasteiger charge is -2.45. The van der Waals surface area contributed by atoms with Crippen molar-refractivity contribution >= 4 is 71.0 Å². The van der Waals surface area contributed by atoms with Gasteiger partial charge in [-0.1, -0.05) is 188 Å². The fourth-order valence-corrected chi connectivity index (χ4v) is 15.9. The molecule has 0 aliphatic carbocycles. The molecular formula is C60H63BO7S2. The lowest BCUT2D eigenvalue weighted by Crippen LogP contribution is -2.37. The van der Waals surface area contributed by atoms with Crippen molar-refractivity contribution in [3.8, 4) is 0 Å². The summed E-state index contributed by atoms with van der Waals surface area (Å²) in [4.78, 5) is 0. The number of aliphatic hydroxyl groups is 4. The second-order valence-electron chi connectivity index (χ2n) is 18.0. The van der Waals surface area contributed by atoms with Crippen molar-refractivity contribution in [2.75, 3.05) is 56.0 Å². The van der Waals surface area contributed by atoms with Gasteiger partial charge in [0, 0.05) is 46.5 Å². The summed E-state index contributed by atoms with van der Waals surface area (Å²) in [5.74, 6) is 1.92. The third kappa shape index (κ3) is 10.7. The quantitative estimate of drug-likeness (QED) is 0.0207. The van der Waals surface area contributed by atoms with Gasteiger partial charge >= 0.3 is 7.32 Å². The molecule has 0 saturated carbocycles. The van der Waals surface area contributed by atoms with Gasteiger partial charge < -0.3 is 33.3 Å². The standard InChI is InChI=1S/C60H63BO7S2/c62-34-39-69(40-35-63,45-58-54-29-14-10-19-47(54)43-48-20-11-15-30-55(48)58)67-61(66-38-18-33-60(51-23-4-1-5-24-51,52-25-6-2-7-26-52)53-27-8-3-9-28-53)68-70(41-36-64,42-37-65)46-59-56-31-16-12-21-49(56)44-50-22-13-17-32-57(50)59/h1-17,19-32,43-44,62-65H,18,33-42,45-46H2. The van der Waals surface area contributed by atoms with E-state index in [1.165, 1.54) is 16.7 Å². The third-order valence-electron chi connectivity index (χ3n) is 13.7. The van der Waals surface area contributed by atoms with Gasteiger partial charge in [0.25, 0.3) is 0 Å². The Balaban J connectivity index is 1.14. The van der Waals surface area contributed by atoms with Gasteiger partial charge in [0.1, 0.15) is 0 Å². The van der Waals surface area contributed by atoms with E-state index in [4.69, 9.17) is 12.9 Å².